The van der Waals surface area contributed by atoms with Crippen LogP contribution in [0.4, 0.5) is 5.13 Å². The quantitative estimate of drug-likeness (QED) is 0.845. The average Bonchev–Trinajstić information content (AvgIpc) is 3.08. The average molecular weight is 256 g/mol. The van der Waals surface area contributed by atoms with E-state index in [4.69, 9.17) is 4.74 Å². The lowest BCUT2D eigenvalue weighted by Crippen LogP contribution is -2.32. The van der Waals surface area contributed by atoms with Crippen molar-refractivity contribution in [2.75, 3.05) is 25.7 Å². The van der Waals surface area contributed by atoms with Gasteiger partial charge >= 0.3 is 0 Å². The number of anilines is 1. The zero-order valence-corrected chi connectivity index (χ0v) is 11.5. The monoisotopic (exact) mass is 256 g/mol. The number of hydrogen-bond donors (Lipinski definition) is 1. The number of thiazole rings is 1. The highest BCUT2D eigenvalue weighted by atomic mass is 32.1. The molecule has 0 spiro atoms. The number of rotatable bonds is 6. The molecule has 1 N–H and O–H groups in total. The molecule has 1 saturated carbocycles. The lowest BCUT2D eigenvalue weighted by atomic mass is 10.2. The number of methoxy groups -OCH3 is 1. The van der Waals surface area contributed by atoms with Crippen LogP contribution in [-0.4, -0.2) is 36.9 Å². The van der Waals surface area contributed by atoms with E-state index >= 15 is 0 Å². The van der Waals surface area contributed by atoms with Crippen molar-refractivity contribution in [3.8, 4) is 0 Å². The van der Waals surface area contributed by atoms with Crippen LogP contribution in [0.2, 0.25) is 0 Å². The third-order valence-electron chi connectivity index (χ3n) is 3.19. The number of hydrogen-bond acceptors (Lipinski definition) is 5. The van der Waals surface area contributed by atoms with Gasteiger partial charge in [0.2, 0.25) is 0 Å². The molecule has 0 aromatic carbocycles. The molecule has 0 aliphatic heterocycles. The maximum Gasteiger partial charge on any atom is 0.185 e. The Balaban J connectivity index is 2.14. The highest BCUT2D eigenvalue weighted by Gasteiger charge is 2.30. The molecule has 17 heavy (non-hydrogen) atoms. The maximum atomic E-state index is 9.36. The Morgan fingerprint density at radius 2 is 2.29 bits per heavy atom. The van der Waals surface area contributed by atoms with E-state index in [9.17, 15) is 5.11 Å². The van der Waals surface area contributed by atoms with E-state index in [-0.39, 0.29) is 6.61 Å². The number of ether oxygens (including phenoxy) is 1. The summed E-state index contributed by atoms with van der Waals surface area (Å²) in [6.45, 7) is 2.90. The molecular formula is C12H20N2O2S. The van der Waals surface area contributed by atoms with E-state index < -0.39 is 0 Å². The van der Waals surface area contributed by atoms with Crippen LogP contribution >= 0.6 is 11.3 Å². The zero-order chi connectivity index (χ0) is 12.4. The summed E-state index contributed by atoms with van der Waals surface area (Å²) < 4.78 is 5.16. The Morgan fingerprint density at radius 1 is 1.59 bits per heavy atom. The van der Waals surface area contributed by atoms with Gasteiger partial charge in [0.1, 0.15) is 0 Å². The Kier molecular flexibility index (Phi) is 4.01. The molecule has 0 saturated heterocycles. The second-order valence-corrected chi connectivity index (χ2v) is 5.71. The SMILES string of the molecule is COCC(C)N(C)c1nc(C2CC2)c(CO)s1. The van der Waals surface area contributed by atoms with Gasteiger partial charge in [-0.2, -0.15) is 0 Å². The molecular weight excluding hydrogens is 236 g/mol. The van der Waals surface area contributed by atoms with Crippen molar-refractivity contribution in [2.24, 2.45) is 0 Å². The summed E-state index contributed by atoms with van der Waals surface area (Å²) in [5.41, 5.74) is 1.11. The molecule has 1 aromatic rings. The predicted octanol–water partition coefficient (Wildman–Crippen LogP) is 1.98. The van der Waals surface area contributed by atoms with Crippen LogP contribution in [0.15, 0.2) is 0 Å². The minimum Gasteiger partial charge on any atom is -0.391 e. The molecule has 0 radical (unpaired) electrons. The normalized spacial score (nSPS) is 17.2. The first kappa shape index (κ1) is 12.8. The molecule has 1 aromatic heterocycles. The summed E-state index contributed by atoms with van der Waals surface area (Å²) in [7, 11) is 3.74. The van der Waals surface area contributed by atoms with Crippen molar-refractivity contribution in [1.29, 1.82) is 0 Å². The van der Waals surface area contributed by atoms with Crippen LogP contribution < -0.4 is 4.90 Å². The number of nitrogens with zero attached hydrogens (tertiary/aromatic N) is 2. The molecule has 1 fully saturated rings. The van der Waals surface area contributed by atoms with Gasteiger partial charge in [-0.1, -0.05) is 11.3 Å². The van der Waals surface area contributed by atoms with E-state index in [1.807, 2.05) is 7.05 Å². The summed E-state index contributed by atoms with van der Waals surface area (Å²) in [4.78, 5) is 7.83. The predicted molar refractivity (Wildman–Crippen MR) is 69.8 cm³/mol. The van der Waals surface area contributed by atoms with E-state index in [0.29, 0.717) is 18.6 Å². The van der Waals surface area contributed by atoms with Crippen molar-refractivity contribution in [3.63, 3.8) is 0 Å². The topological polar surface area (TPSA) is 45.6 Å². The smallest absolute Gasteiger partial charge is 0.185 e. The maximum absolute atomic E-state index is 9.36. The second-order valence-electron chi connectivity index (χ2n) is 4.65. The Bertz CT molecular complexity index is 377. The highest BCUT2D eigenvalue weighted by Crippen LogP contribution is 2.44. The first-order valence-electron chi connectivity index (χ1n) is 5.99. The third kappa shape index (κ3) is 2.78. The number of aliphatic hydroxyl groups is 1. The van der Waals surface area contributed by atoms with Crippen molar-refractivity contribution in [2.45, 2.75) is 38.3 Å². The molecule has 5 heteroatoms. The van der Waals surface area contributed by atoms with Gasteiger partial charge in [-0.25, -0.2) is 4.98 Å². The minimum absolute atomic E-state index is 0.107. The van der Waals surface area contributed by atoms with Gasteiger partial charge in [0.15, 0.2) is 5.13 Å². The van der Waals surface area contributed by atoms with Gasteiger partial charge in [0, 0.05) is 20.1 Å². The number of likely N-dealkylation sites (N-methyl/N-ethyl adjacent to an activating group) is 1. The molecule has 1 aliphatic carbocycles. The number of aromatic nitrogens is 1. The van der Waals surface area contributed by atoms with Crippen molar-refractivity contribution in [3.05, 3.63) is 10.6 Å². The standard InChI is InChI=1S/C12H20N2O2S/c1-8(7-16-3)14(2)12-13-11(9-4-5-9)10(6-15)17-12/h8-9,15H,4-7H2,1-3H3. The van der Waals surface area contributed by atoms with Crippen LogP contribution in [0.5, 0.6) is 0 Å². The molecule has 96 valence electrons. The van der Waals surface area contributed by atoms with Crippen LogP contribution in [0.3, 0.4) is 0 Å². The number of aliphatic hydroxyl groups excluding tert-OH is 1. The molecule has 1 aliphatic rings. The molecule has 4 nitrogen and oxygen atoms in total. The van der Waals surface area contributed by atoms with Crippen molar-refractivity contribution >= 4 is 16.5 Å². The van der Waals surface area contributed by atoms with Crippen LogP contribution in [0, 0.1) is 0 Å². The van der Waals surface area contributed by atoms with E-state index in [0.717, 1.165) is 15.7 Å². The summed E-state index contributed by atoms with van der Waals surface area (Å²) in [5, 5.41) is 10.3. The van der Waals surface area contributed by atoms with E-state index in [2.05, 4.69) is 16.8 Å². The van der Waals surface area contributed by atoms with Crippen molar-refractivity contribution < 1.29 is 9.84 Å². The highest BCUT2D eigenvalue weighted by molar-refractivity contribution is 7.15. The first-order valence-corrected chi connectivity index (χ1v) is 6.81. The summed E-state index contributed by atoms with van der Waals surface area (Å²) in [6, 6.07) is 0.296. The lowest BCUT2D eigenvalue weighted by Gasteiger charge is -2.23. The molecule has 1 atom stereocenters. The Morgan fingerprint density at radius 3 is 2.82 bits per heavy atom. The summed E-state index contributed by atoms with van der Waals surface area (Å²) >= 11 is 1.60. The van der Waals surface area contributed by atoms with Gasteiger partial charge in [0.25, 0.3) is 0 Å². The van der Waals surface area contributed by atoms with Crippen LogP contribution in [-0.2, 0) is 11.3 Å². The van der Waals surface area contributed by atoms with Gasteiger partial charge in [0.05, 0.1) is 29.8 Å². The molecule has 0 amide bonds. The Labute approximate surface area is 106 Å². The zero-order valence-electron chi connectivity index (χ0n) is 10.6. The molecule has 1 heterocycles. The Hall–Kier alpha value is -0.650. The first-order chi connectivity index (χ1) is 8.17. The largest absolute Gasteiger partial charge is 0.391 e. The fourth-order valence-corrected chi connectivity index (χ4v) is 2.90. The minimum atomic E-state index is 0.107. The van der Waals surface area contributed by atoms with E-state index in [1.54, 1.807) is 18.4 Å². The third-order valence-corrected chi connectivity index (χ3v) is 4.34. The molecule has 0 bridgehead atoms. The lowest BCUT2D eigenvalue weighted by molar-refractivity contribution is 0.183. The second kappa shape index (κ2) is 5.33. The fourth-order valence-electron chi connectivity index (χ4n) is 1.83. The summed E-state index contributed by atoms with van der Waals surface area (Å²) in [6.07, 6.45) is 2.43. The summed E-state index contributed by atoms with van der Waals surface area (Å²) in [5.74, 6) is 0.591. The van der Waals surface area contributed by atoms with Gasteiger partial charge in [-0.05, 0) is 19.8 Å². The van der Waals surface area contributed by atoms with Crippen LogP contribution in [0.25, 0.3) is 0 Å². The van der Waals surface area contributed by atoms with Gasteiger partial charge in [-0.15, -0.1) is 0 Å². The van der Waals surface area contributed by atoms with Crippen LogP contribution in [0.1, 0.15) is 36.3 Å². The fraction of sp³-hybridized carbons (Fsp3) is 0.750. The van der Waals surface area contributed by atoms with E-state index in [1.165, 1.54) is 12.8 Å². The van der Waals surface area contributed by atoms with Crippen molar-refractivity contribution in [1.82, 2.24) is 4.98 Å². The van der Waals surface area contributed by atoms with Gasteiger partial charge < -0.3 is 14.7 Å². The van der Waals surface area contributed by atoms with Gasteiger partial charge in [-0.3, -0.25) is 0 Å². The molecule has 1 unspecified atom stereocenters. The molecule has 2 rings (SSSR count).